The molecule has 19 heavy (non-hydrogen) atoms. The average Bonchev–Trinajstić information content (AvgIpc) is 2.90. The first-order chi connectivity index (χ1) is 9.01. The Kier molecular flexibility index (Phi) is 3.82. The molecule has 0 aromatic carbocycles. The number of aliphatic carboxylic acids is 1. The quantitative estimate of drug-likeness (QED) is 0.851. The third kappa shape index (κ3) is 3.10. The number of rotatable bonds is 4. The lowest BCUT2D eigenvalue weighted by Gasteiger charge is -2.36. The lowest BCUT2D eigenvalue weighted by Crippen LogP contribution is -2.45. The number of carboxylic acid groups (broad SMARTS) is 1. The smallest absolute Gasteiger partial charge is 0.309 e. The molecule has 7 heteroatoms. The summed E-state index contributed by atoms with van der Waals surface area (Å²) in [5.74, 6) is -0.731. The highest BCUT2D eigenvalue weighted by atomic mass is 16.4. The second kappa shape index (κ2) is 5.38. The molecule has 1 aromatic heterocycles. The number of carbonyl (C=O) groups is 2. The van der Waals surface area contributed by atoms with Gasteiger partial charge in [0.15, 0.2) is 0 Å². The first-order valence-electron chi connectivity index (χ1n) is 6.35. The SMILES string of the molecule is CC1(C(=O)O)CCN(C(=O)CCn2cncn2)CC1. The number of carboxylic acids is 1. The van der Waals surface area contributed by atoms with E-state index in [2.05, 4.69) is 10.1 Å². The van der Waals surface area contributed by atoms with Gasteiger partial charge in [-0.25, -0.2) is 4.98 Å². The van der Waals surface area contributed by atoms with E-state index in [4.69, 9.17) is 5.11 Å². The minimum absolute atomic E-state index is 0.0444. The highest BCUT2D eigenvalue weighted by molar-refractivity contribution is 5.78. The third-order valence-corrected chi connectivity index (χ3v) is 3.76. The van der Waals surface area contributed by atoms with Gasteiger partial charge in [0, 0.05) is 19.5 Å². The maximum absolute atomic E-state index is 12.0. The standard InChI is InChI=1S/C12H18N4O3/c1-12(11(18)19)3-6-15(7-4-12)10(17)2-5-16-9-13-8-14-16/h8-9H,2-7H2,1H3,(H,18,19). The van der Waals surface area contributed by atoms with Crippen molar-refractivity contribution in [2.75, 3.05) is 13.1 Å². The van der Waals surface area contributed by atoms with Crippen molar-refractivity contribution in [3.05, 3.63) is 12.7 Å². The Bertz CT molecular complexity index is 450. The van der Waals surface area contributed by atoms with E-state index < -0.39 is 11.4 Å². The predicted molar refractivity (Wildman–Crippen MR) is 66.2 cm³/mol. The molecule has 104 valence electrons. The first kappa shape index (κ1) is 13.5. The van der Waals surface area contributed by atoms with Crippen LogP contribution in [0.5, 0.6) is 0 Å². The Morgan fingerprint density at radius 1 is 1.37 bits per heavy atom. The molecule has 1 aromatic rings. The van der Waals surface area contributed by atoms with Crippen molar-refractivity contribution in [3.63, 3.8) is 0 Å². The van der Waals surface area contributed by atoms with E-state index in [-0.39, 0.29) is 5.91 Å². The molecule has 1 aliphatic rings. The second-order valence-electron chi connectivity index (χ2n) is 5.16. The summed E-state index contributed by atoms with van der Waals surface area (Å²) in [6.07, 6.45) is 4.40. The molecule has 0 unspecified atom stereocenters. The van der Waals surface area contributed by atoms with Gasteiger partial charge in [-0.2, -0.15) is 5.10 Å². The zero-order valence-corrected chi connectivity index (χ0v) is 10.9. The molecule has 1 fully saturated rings. The van der Waals surface area contributed by atoms with E-state index in [1.807, 2.05) is 0 Å². The Hall–Kier alpha value is -1.92. The van der Waals surface area contributed by atoms with Gasteiger partial charge in [-0.15, -0.1) is 0 Å². The third-order valence-electron chi connectivity index (χ3n) is 3.76. The van der Waals surface area contributed by atoms with Gasteiger partial charge in [0.05, 0.1) is 12.0 Å². The Balaban J connectivity index is 1.81. The fourth-order valence-corrected chi connectivity index (χ4v) is 2.18. The summed E-state index contributed by atoms with van der Waals surface area (Å²) in [6, 6.07) is 0. The molecule has 1 N–H and O–H groups in total. The molecule has 1 aliphatic heterocycles. The number of aromatic nitrogens is 3. The van der Waals surface area contributed by atoms with E-state index in [0.29, 0.717) is 38.9 Å². The van der Waals surface area contributed by atoms with Crippen molar-refractivity contribution < 1.29 is 14.7 Å². The monoisotopic (exact) mass is 266 g/mol. The Morgan fingerprint density at radius 2 is 2.05 bits per heavy atom. The fourth-order valence-electron chi connectivity index (χ4n) is 2.18. The van der Waals surface area contributed by atoms with Gasteiger partial charge in [0.1, 0.15) is 12.7 Å². The number of hydrogen-bond donors (Lipinski definition) is 1. The summed E-state index contributed by atoms with van der Waals surface area (Å²) < 4.78 is 1.61. The van der Waals surface area contributed by atoms with Crippen molar-refractivity contribution in [1.82, 2.24) is 19.7 Å². The lowest BCUT2D eigenvalue weighted by molar-refractivity contribution is -0.153. The molecule has 2 rings (SSSR count). The Labute approximate surface area is 111 Å². The maximum Gasteiger partial charge on any atom is 0.309 e. The summed E-state index contributed by atoms with van der Waals surface area (Å²) >= 11 is 0. The summed E-state index contributed by atoms with van der Waals surface area (Å²) in [7, 11) is 0. The van der Waals surface area contributed by atoms with E-state index in [1.165, 1.54) is 6.33 Å². The van der Waals surface area contributed by atoms with Crippen molar-refractivity contribution >= 4 is 11.9 Å². The van der Waals surface area contributed by atoms with Gasteiger partial charge >= 0.3 is 5.97 Å². The van der Waals surface area contributed by atoms with Crippen LogP contribution in [0.1, 0.15) is 26.2 Å². The van der Waals surface area contributed by atoms with Crippen LogP contribution >= 0.6 is 0 Å². The number of aryl methyl sites for hydroxylation is 1. The molecule has 0 aliphatic carbocycles. The van der Waals surface area contributed by atoms with Crippen LogP contribution in [0.2, 0.25) is 0 Å². The van der Waals surface area contributed by atoms with Crippen LogP contribution in [0.3, 0.4) is 0 Å². The summed E-state index contributed by atoms with van der Waals surface area (Å²) in [5.41, 5.74) is -0.692. The van der Waals surface area contributed by atoms with Crippen molar-refractivity contribution in [3.8, 4) is 0 Å². The van der Waals surface area contributed by atoms with Crippen LogP contribution in [-0.2, 0) is 16.1 Å². The van der Waals surface area contributed by atoms with Gasteiger partial charge in [0.25, 0.3) is 0 Å². The summed E-state index contributed by atoms with van der Waals surface area (Å²) in [5, 5.41) is 13.1. The molecule has 0 radical (unpaired) electrons. The van der Waals surface area contributed by atoms with Crippen molar-refractivity contribution in [2.24, 2.45) is 5.41 Å². The van der Waals surface area contributed by atoms with Gasteiger partial charge in [-0.1, -0.05) is 0 Å². The van der Waals surface area contributed by atoms with E-state index >= 15 is 0 Å². The van der Waals surface area contributed by atoms with E-state index in [9.17, 15) is 9.59 Å². The molecule has 0 atom stereocenters. The molecule has 2 heterocycles. The summed E-state index contributed by atoms with van der Waals surface area (Å²) in [6.45, 7) is 3.27. The molecule has 1 saturated heterocycles. The zero-order chi connectivity index (χ0) is 13.9. The largest absolute Gasteiger partial charge is 0.481 e. The van der Waals surface area contributed by atoms with Gasteiger partial charge in [-0.3, -0.25) is 14.3 Å². The normalized spacial score (nSPS) is 18.3. The number of hydrogen-bond acceptors (Lipinski definition) is 4. The zero-order valence-electron chi connectivity index (χ0n) is 10.9. The predicted octanol–water partition coefficient (Wildman–Crippen LogP) is 0.381. The molecular weight excluding hydrogens is 248 g/mol. The van der Waals surface area contributed by atoms with Gasteiger partial charge in [0.2, 0.25) is 5.91 Å². The fraction of sp³-hybridized carbons (Fsp3) is 0.667. The lowest BCUT2D eigenvalue weighted by atomic mass is 9.80. The van der Waals surface area contributed by atoms with Crippen LogP contribution in [0.15, 0.2) is 12.7 Å². The summed E-state index contributed by atoms with van der Waals surface area (Å²) in [4.78, 5) is 28.7. The van der Waals surface area contributed by atoms with E-state index in [0.717, 1.165) is 0 Å². The second-order valence-corrected chi connectivity index (χ2v) is 5.16. The van der Waals surface area contributed by atoms with Gasteiger partial charge in [-0.05, 0) is 19.8 Å². The van der Waals surface area contributed by atoms with E-state index in [1.54, 1.807) is 22.8 Å². The number of nitrogens with zero attached hydrogens (tertiary/aromatic N) is 4. The molecule has 7 nitrogen and oxygen atoms in total. The van der Waals surface area contributed by atoms with Crippen LogP contribution in [0, 0.1) is 5.41 Å². The molecule has 0 spiro atoms. The minimum atomic E-state index is -0.776. The minimum Gasteiger partial charge on any atom is -0.481 e. The molecule has 0 saturated carbocycles. The average molecular weight is 266 g/mol. The molecule has 0 bridgehead atoms. The van der Waals surface area contributed by atoms with Crippen LogP contribution < -0.4 is 0 Å². The molecule has 1 amide bonds. The topological polar surface area (TPSA) is 88.3 Å². The van der Waals surface area contributed by atoms with Crippen LogP contribution in [0.25, 0.3) is 0 Å². The van der Waals surface area contributed by atoms with Crippen LogP contribution in [0.4, 0.5) is 0 Å². The van der Waals surface area contributed by atoms with Gasteiger partial charge < -0.3 is 10.0 Å². The van der Waals surface area contributed by atoms with Crippen molar-refractivity contribution in [1.29, 1.82) is 0 Å². The number of piperidine rings is 1. The maximum atomic E-state index is 12.0. The highest BCUT2D eigenvalue weighted by Gasteiger charge is 2.37. The Morgan fingerprint density at radius 3 is 2.58 bits per heavy atom. The van der Waals surface area contributed by atoms with Crippen LogP contribution in [-0.4, -0.2) is 49.7 Å². The van der Waals surface area contributed by atoms with Crippen molar-refractivity contribution in [2.45, 2.75) is 32.7 Å². The molecular formula is C12H18N4O3. The number of likely N-dealkylation sites (tertiary alicyclic amines) is 1. The number of carbonyl (C=O) groups excluding carboxylic acids is 1. The number of amides is 1. The highest BCUT2D eigenvalue weighted by Crippen LogP contribution is 2.31. The first-order valence-corrected chi connectivity index (χ1v) is 6.35.